The summed E-state index contributed by atoms with van der Waals surface area (Å²) in [5.41, 5.74) is 1.49. The van der Waals surface area contributed by atoms with Gasteiger partial charge in [-0.2, -0.15) is 0 Å². The minimum atomic E-state index is -0.308. The van der Waals surface area contributed by atoms with Crippen LogP contribution in [0.15, 0.2) is 60.4 Å². The Labute approximate surface area is 177 Å². The first kappa shape index (κ1) is 20.2. The molecule has 2 aromatic carbocycles. The number of ether oxygens (including phenoxy) is 1. The second-order valence-electron chi connectivity index (χ2n) is 8.32. The largest absolute Gasteiger partial charge is 0.449 e. The zero-order valence-corrected chi connectivity index (χ0v) is 17.5. The van der Waals surface area contributed by atoms with Gasteiger partial charge in [0.15, 0.2) is 11.5 Å². The maximum atomic E-state index is 13.2. The van der Waals surface area contributed by atoms with E-state index in [1.165, 1.54) is 11.3 Å². The lowest BCUT2D eigenvalue weighted by Crippen LogP contribution is -2.49. The summed E-state index contributed by atoms with van der Waals surface area (Å²) in [7, 11) is 0. The third kappa shape index (κ3) is 4.25. The summed E-state index contributed by atoms with van der Waals surface area (Å²) in [6.45, 7) is 4.42. The zero-order valence-electron chi connectivity index (χ0n) is 17.5. The Balaban J connectivity index is 1.55. The quantitative estimate of drug-likeness (QED) is 0.769. The first-order chi connectivity index (χ1) is 14.5. The zero-order chi connectivity index (χ0) is 21.1. The summed E-state index contributed by atoms with van der Waals surface area (Å²) in [5.74, 6) is 1.38. The fourth-order valence-corrected chi connectivity index (χ4v) is 4.30. The first-order valence-electron chi connectivity index (χ1n) is 10.7. The van der Waals surface area contributed by atoms with E-state index >= 15 is 0 Å². The number of nitrogens with one attached hydrogen (secondary N) is 1. The van der Waals surface area contributed by atoms with E-state index in [2.05, 4.69) is 19.2 Å². The molecule has 0 saturated heterocycles. The molecule has 5 heteroatoms. The van der Waals surface area contributed by atoms with Crippen molar-refractivity contribution in [3.8, 4) is 5.75 Å². The Bertz CT molecular complexity index is 954. The molecule has 0 radical (unpaired) electrons. The molecule has 0 spiro atoms. The smallest absolute Gasteiger partial charge is 0.294 e. The number of anilines is 1. The molecule has 3 atom stereocenters. The van der Waals surface area contributed by atoms with Crippen molar-refractivity contribution in [3.05, 3.63) is 65.9 Å². The molecular formula is C25H28N2O3. The number of fused-ring (bicyclic) bond motifs is 1. The molecule has 1 N–H and O–H groups in total. The van der Waals surface area contributed by atoms with Crippen LogP contribution in [0.3, 0.4) is 0 Å². The monoisotopic (exact) mass is 404 g/mol. The molecule has 30 heavy (non-hydrogen) atoms. The number of rotatable bonds is 4. The van der Waals surface area contributed by atoms with Crippen LogP contribution in [-0.4, -0.2) is 24.4 Å². The average molecular weight is 405 g/mol. The van der Waals surface area contributed by atoms with Crippen molar-refractivity contribution in [2.45, 2.75) is 39.2 Å². The lowest BCUT2D eigenvalue weighted by atomic mass is 9.78. The Morgan fingerprint density at radius 2 is 1.83 bits per heavy atom. The van der Waals surface area contributed by atoms with E-state index in [0.717, 1.165) is 18.4 Å². The fourth-order valence-electron chi connectivity index (χ4n) is 4.30. The number of carbonyl (C=O) groups excluding carboxylic acids is 2. The third-order valence-electron chi connectivity index (χ3n) is 6.28. The second kappa shape index (κ2) is 8.74. The lowest BCUT2D eigenvalue weighted by Gasteiger charge is -2.35. The molecule has 2 amide bonds. The third-order valence-corrected chi connectivity index (χ3v) is 6.28. The second-order valence-corrected chi connectivity index (χ2v) is 8.32. The van der Waals surface area contributed by atoms with E-state index in [1.54, 1.807) is 6.08 Å². The summed E-state index contributed by atoms with van der Waals surface area (Å²) in [6, 6.07) is 17.0. The van der Waals surface area contributed by atoms with Gasteiger partial charge in [0.1, 0.15) is 6.54 Å². The number of para-hydroxylation sites is 2. The van der Waals surface area contributed by atoms with Gasteiger partial charge >= 0.3 is 0 Å². The highest BCUT2D eigenvalue weighted by Crippen LogP contribution is 2.35. The van der Waals surface area contributed by atoms with Gasteiger partial charge in [0, 0.05) is 6.04 Å². The molecular weight excluding hydrogens is 376 g/mol. The number of hydrogen-bond donors (Lipinski definition) is 1. The van der Waals surface area contributed by atoms with Crippen molar-refractivity contribution in [1.29, 1.82) is 0 Å². The van der Waals surface area contributed by atoms with Crippen LogP contribution in [0.25, 0.3) is 6.08 Å². The highest BCUT2D eigenvalue weighted by molar-refractivity contribution is 6.12. The van der Waals surface area contributed by atoms with Crippen LogP contribution in [0, 0.1) is 11.8 Å². The van der Waals surface area contributed by atoms with Crippen LogP contribution in [0.2, 0.25) is 0 Å². The highest BCUT2D eigenvalue weighted by atomic mass is 16.5. The minimum absolute atomic E-state index is 0.0249. The van der Waals surface area contributed by atoms with E-state index < -0.39 is 0 Å². The van der Waals surface area contributed by atoms with Crippen LogP contribution in [0.1, 0.15) is 38.7 Å². The van der Waals surface area contributed by atoms with Gasteiger partial charge in [0.2, 0.25) is 5.91 Å². The Morgan fingerprint density at radius 1 is 1.10 bits per heavy atom. The summed E-state index contributed by atoms with van der Waals surface area (Å²) >= 11 is 0. The number of carbonyl (C=O) groups is 2. The minimum Gasteiger partial charge on any atom is -0.449 e. The van der Waals surface area contributed by atoms with Crippen LogP contribution in [0.4, 0.5) is 5.69 Å². The predicted octanol–water partition coefficient (Wildman–Crippen LogP) is 4.39. The lowest BCUT2D eigenvalue weighted by molar-refractivity contribution is -0.124. The SMILES string of the molecule is C[C@@H]1[C@H](C)CCC[C@@H]1NC(=O)CN1C(=O)/C(=C\c2ccccc2)Oc2ccccc21. The molecule has 1 heterocycles. The molecule has 1 aliphatic heterocycles. The average Bonchev–Trinajstić information content (AvgIpc) is 2.75. The molecule has 2 aromatic rings. The molecule has 4 rings (SSSR count). The number of benzene rings is 2. The van der Waals surface area contributed by atoms with Crippen molar-refractivity contribution in [1.82, 2.24) is 5.32 Å². The molecule has 0 bridgehead atoms. The molecule has 1 saturated carbocycles. The van der Waals surface area contributed by atoms with Gasteiger partial charge in [0.05, 0.1) is 5.69 Å². The van der Waals surface area contributed by atoms with Crippen LogP contribution < -0.4 is 15.0 Å². The molecule has 0 unspecified atom stereocenters. The standard InChI is InChI=1S/C25H28N2O3/c1-17-9-8-12-20(18(17)2)26-24(28)16-27-21-13-6-7-14-22(21)30-23(25(27)29)15-19-10-4-3-5-11-19/h3-7,10-11,13-15,17-18,20H,8-9,12,16H2,1-2H3,(H,26,28)/b23-15+/t17-,18-,20+/m1/s1. The topological polar surface area (TPSA) is 58.6 Å². The molecule has 156 valence electrons. The summed E-state index contributed by atoms with van der Waals surface area (Å²) in [4.78, 5) is 27.6. The summed E-state index contributed by atoms with van der Waals surface area (Å²) < 4.78 is 5.88. The van der Waals surface area contributed by atoms with E-state index in [1.807, 2.05) is 54.6 Å². The molecule has 1 aliphatic carbocycles. The maximum absolute atomic E-state index is 13.2. The molecule has 5 nitrogen and oxygen atoms in total. The highest BCUT2D eigenvalue weighted by Gasteiger charge is 2.33. The van der Waals surface area contributed by atoms with E-state index in [9.17, 15) is 9.59 Å². The van der Waals surface area contributed by atoms with Gasteiger partial charge in [0.25, 0.3) is 5.91 Å². The normalized spacial score (nSPS) is 24.9. The van der Waals surface area contributed by atoms with Gasteiger partial charge in [-0.25, -0.2) is 0 Å². The van der Waals surface area contributed by atoms with Crippen LogP contribution >= 0.6 is 0 Å². The van der Waals surface area contributed by atoms with E-state index in [4.69, 9.17) is 4.74 Å². The summed E-state index contributed by atoms with van der Waals surface area (Å²) in [6.07, 6.45) is 5.04. The van der Waals surface area contributed by atoms with Crippen LogP contribution in [-0.2, 0) is 9.59 Å². The van der Waals surface area contributed by atoms with Crippen molar-refractivity contribution < 1.29 is 14.3 Å². The number of amides is 2. The van der Waals surface area contributed by atoms with Crippen molar-refractivity contribution in [3.63, 3.8) is 0 Å². The fraction of sp³-hybridized carbons (Fsp3) is 0.360. The van der Waals surface area contributed by atoms with Gasteiger partial charge in [-0.3, -0.25) is 14.5 Å². The number of hydrogen-bond acceptors (Lipinski definition) is 3. The van der Waals surface area contributed by atoms with Gasteiger partial charge < -0.3 is 10.1 Å². The first-order valence-corrected chi connectivity index (χ1v) is 10.7. The Kier molecular flexibility index (Phi) is 5.88. The maximum Gasteiger partial charge on any atom is 0.294 e. The Morgan fingerprint density at radius 3 is 2.63 bits per heavy atom. The van der Waals surface area contributed by atoms with Gasteiger partial charge in [-0.05, 0) is 42.0 Å². The predicted molar refractivity (Wildman–Crippen MR) is 118 cm³/mol. The molecule has 2 aliphatic rings. The van der Waals surface area contributed by atoms with Crippen molar-refractivity contribution >= 4 is 23.6 Å². The van der Waals surface area contributed by atoms with Crippen molar-refractivity contribution in [2.75, 3.05) is 11.4 Å². The molecule has 1 fully saturated rings. The van der Waals surface area contributed by atoms with Crippen molar-refractivity contribution in [2.24, 2.45) is 11.8 Å². The van der Waals surface area contributed by atoms with E-state index in [-0.39, 0.29) is 30.2 Å². The van der Waals surface area contributed by atoms with Gasteiger partial charge in [-0.15, -0.1) is 0 Å². The summed E-state index contributed by atoms with van der Waals surface area (Å²) in [5, 5.41) is 3.17. The van der Waals surface area contributed by atoms with Gasteiger partial charge in [-0.1, -0.05) is 69.2 Å². The Hall–Kier alpha value is -3.08. The molecule has 0 aromatic heterocycles. The number of nitrogens with zero attached hydrogens (tertiary/aromatic N) is 1. The van der Waals surface area contributed by atoms with E-state index in [0.29, 0.717) is 23.3 Å². The van der Waals surface area contributed by atoms with Crippen LogP contribution in [0.5, 0.6) is 5.75 Å².